The van der Waals surface area contributed by atoms with Crippen LogP contribution in [0.4, 0.5) is 0 Å². The highest BCUT2D eigenvalue weighted by Crippen LogP contribution is 2.44. The standard InChI is InChI=1S/C40H23N3S2/c1-2-11-24(12-3-1)40-41-36(39-37(42-40)30-17-6-9-20-34(30)45-39)25-13-10-14-26(23-25)43-31-18-7-4-16-29(31)35-32(43)22-21-28-27-15-5-8-19-33(27)44-38(28)35/h1-23H. The van der Waals surface area contributed by atoms with Gasteiger partial charge in [0.1, 0.15) is 0 Å². The normalized spacial score (nSPS) is 12.0. The van der Waals surface area contributed by atoms with Gasteiger partial charge in [0.25, 0.3) is 0 Å². The van der Waals surface area contributed by atoms with Gasteiger partial charge in [0, 0.05) is 57.8 Å². The van der Waals surface area contributed by atoms with Crippen LogP contribution in [0.15, 0.2) is 140 Å². The van der Waals surface area contributed by atoms with Gasteiger partial charge in [0.15, 0.2) is 5.82 Å². The zero-order valence-electron chi connectivity index (χ0n) is 23.9. The number of nitrogens with zero attached hydrogens (tertiary/aromatic N) is 3. The number of hydrogen-bond donors (Lipinski definition) is 0. The lowest BCUT2D eigenvalue weighted by Crippen LogP contribution is -1.96. The molecule has 0 radical (unpaired) electrons. The summed E-state index contributed by atoms with van der Waals surface area (Å²) in [6.07, 6.45) is 0. The molecular formula is C40H23N3S2. The highest BCUT2D eigenvalue weighted by molar-refractivity contribution is 7.27. The molecule has 0 unspecified atom stereocenters. The molecule has 0 atom stereocenters. The average molecular weight is 610 g/mol. The molecule has 0 bridgehead atoms. The second-order valence-corrected chi connectivity index (χ2v) is 13.5. The van der Waals surface area contributed by atoms with E-state index in [-0.39, 0.29) is 0 Å². The van der Waals surface area contributed by atoms with Crippen molar-refractivity contribution in [1.29, 1.82) is 0 Å². The van der Waals surface area contributed by atoms with E-state index >= 15 is 0 Å². The van der Waals surface area contributed by atoms with Crippen molar-refractivity contribution in [2.75, 3.05) is 0 Å². The summed E-state index contributed by atoms with van der Waals surface area (Å²) in [4.78, 5) is 10.4. The fraction of sp³-hybridized carbons (Fsp3) is 0. The molecule has 0 saturated heterocycles. The van der Waals surface area contributed by atoms with E-state index in [9.17, 15) is 0 Å². The number of hydrogen-bond acceptors (Lipinski definition) is 4. The molecule has 0 amide bonds. The molecule has 10 rings (SSSR count). The molecule has 0 N–H and O–H groups in total. The van der Waals surface area contributed by atoms with Gasteiger partial charge in [-0.15, -0.1) is 22.7 Å². The number of fused-ring (bicyclic) bond motifs is 10. The molecule has 4 aromatic heterocycles. The summed E-state index contributed by atoms with van der Waals surface area (Å²) in [7, 11) is 0. The first-order valence-corrected chi connectivity index (χ1v) is 16.6. The zero-order chi connectivity index (χ0) is 29.5. The Morgan fingerprint density at radius 2 is 1.16 bits per heavy atom. The Hall–Kier alpha value is -5.36. The van der Waals surface area contributed by atoms with E-state index in [1.165, 1.54) is 52.1 Å². The van der Waals surface area contributed by atoms with Crippen molar-refractivity contribution in [3.05, 3.63) is 140 Å². The van der Waals surface area contributed by atoms with E-state index in [0.29, 0.717) is 0 Å². The number of thiophene rings is 2. The second-order valence-electron chi connectivity index (χ2n) is 11.4. The van der Waals surface area contributed by atoms with Crippen LogP contribution < -0.4 is 0 Å². The lowest BCUT2D eigenvalue weighted by Gasteiger charge is -2.11. The Labute approximate surface area is 266 Å². The minimum absolute atomic E-state index is 0.746. The number of benzene rings is 6. The van der Waals surface area contributed by atoms with E-state index in [0.717, 1.165) is 38.5 Å². The van der Waals surface area contributed by atoms with Gasteiger partial charge in [-0.1, -0.05) is 103 Å². The minimum Gasteiger partial charge on any atom is -0.309 e. The highest BCUT2D eigenvalue weighted by Gasteiger charge is 2.20. The highest BCUT2D eigenvalue weighted by atomic mass is 32.1. The van der Waals surface area contributed by atoms with Gasteiger partial charge in [-0.3, -0.25) is 0 Å². The molecule has 210 valence electrons. The van der Waals surface area contributed by atoms with Gasteiger partial charge in [0.2, 0.25) is 0 Å². The van der Waals surface area contributed by atoms with Gasteiger partial charge < -0.3 is 4.57 Å². The average Bonchev–Trinajstić information content (AvgIpc) is 3.78. The van der Waals surface area contributed by atoms with Gasteiger partial charge in [-0.25, -0.2) is 9.97 Å². The van der Waals surface area contributed by atoms with Crippen LogP contribution in [0.25, 0.3) is 90.6 Å². The van der Waals surface area contributed by atoms with Crippen molar-refractivity contribution in [2.45, 2.75) is 0 Å². The maximum Gasteiger partial charge on any atom is 0.160 e. The fourth-order valence-electron chi connectivity index (χ4n) is 6.81. The molecule has 3 nitrogen and oxygen atoms in total. The van der Waals surface area contributed by atoms with Crippen LogP contribution in [0.2, 0.25) is 0 Å². The summed E-state index contributed by atoms with van der Waals surface area (Å²) in [5.41, 5.74) is 7.61. The predicted molar refractivity (Wildman–Crippen MR) is 193 cm³/mol. The molecule has 0 saturated carbocycles. The van der Waals surface area contributed by atoms with Crippen LogP contribution in [-0.2, 0) is 0 Å². The van der Waals surface area contributed by atoms with Crippen LogP contribution in [0.1, 0.15) is 0 Å². The Morgan fingerprint density at radius 1 is 0.467 bits per heavy atom. The van der Waals surface area contributed by atoms with Crippen molar-refractivity contribution in [2.24, 2.45) is 0 Å². The third-order valence-corrected chi connectivity index (χ3v) is 11.2. The number of para-hydroxylation sites is 1. The first-order chi connectivity index (χ1) is 22.3. The summed E-state index contributed by atoms with van der Waals surface area (Å²) in [6, 6.07) is 49.8. The first-order valence-electron chi connectivity index (χ1n) is 15.0. The molecule has 0 aliphatic rings. The van der Waals surface area contributed by atoms with Crippen LogP contribution in [0, 0.1) is 0 Å². The maximum absolute atomic E-state index is 5.24. The molecule has 6 aromatic carbocycles. The third kappa shape index (κ3) is 3.69. The minimum atomic E-state index is 0.746. The Balaban J connectivity index is 1.25. The SMILES string of the molecule is c1ccc(-c2nc(-c3cccc(-n4c5ccccc5c5c6sc7ccccc7c6ccc54)c3)c3sc4ccccc4c3n2)cc1. The summed E-state index contributed by atoms with van der Waals surface area (Å²) in [5, 5.41) is 6.40. The molecule has 0 fully saturated rings. The monoisotopic (exact) mass is 609 g/mol. The smallest absolute Gasteiger partial charge is 0.160 e. The molecule has 0 aliphatic carbocycles. The van der Waals surface area contributed by atoms with Gasteiger partial charge in [0.05, 0.1) is 26.9 Å². The molecule has 45 heavy (non-hydrogen) atoms. The zero-order valence-corrected chi connectivity index (χ0v) is 25.6. The van der Waals surface area contributed by atoms with E-state index < -0.39 is 0 Å². The third-order valence-electron chi connectivity index (χ3n) is 8.81. The fourth-order valence-corrected chi connectivity index (χ4v) is 9.22. The molecule has 4 heterocycles. The van der Waals surface area contributed by atoms with E-state index in [1.807, 2.05) is 29.5 Å². The van der Waals surface area contributed by atoms with Crippen LogP contribution in [-0.4, -0.2) is 14.5 Å². The van der Waals surface area contributed by atoms with Crippen LogP contribution in [0.5, 0.6) is 0 Å². The van der Waals surface area contributed by atoms with Crippen molar-refractivity contribution >= 4 is 85.0 Å². The van der Waals surface area contributed by atoms with E-state index in [1.54, 1.807) is 11.3 Å². The van der Waals surface area contributed by atoms with Gasteiger partial charge >= 0.3 is 0 Å². The molecule has 0 aliphatic heterocycles. The number of rotatable bonds is 3. The number of aromatic nitrogens is 3. The first kappa shape index (κ1) is 25.0. The van der Waals surface area contributed by atoms with E-state index in [2.05, 4.69) is 126 Å². The Bertz CT molecular complexity index is 2770. The van der Waals surface area contributed by atoms with Crippen molar-refractivity contribution in [1.82, 2.24) is 14.5 Å². The second kappa shape index (κ2) is 9.57. The summed E-state index contributed by atoms with van der Waals surface area (Å²) in [6.45, 7) is 0. The van der Waals surface area contributed by atoms with Crippen LogP contribution >= 0.6 is 22.7 Å². The lowest BCUT2D eigenvalue weighted by molar-refractivity contribution is 1.18. The molecule has 0 spiro atoms. The van der Waals surface area contributed by atoms with E-state index in [4.69, 9.17) is 9.97 Å². The summed E-state index contributed by atoms with van der Waals surface area (Å²) >= 11 is 3.66. The topological polar surface area (TPSA) is 30.7 Å². The predicted octanol–water partition coefficient (Wildman–Crippen LogP) is 11.6. The summed E-state index contributed by atoms with van der Waals surface area (Å²) < 4.78 is 7.42. The molecule has 5 heteroatoms. The Morgan fingerprint density at radius 3 is 2.02 bits per heavy atom. The summed E-state index contributed by atoms with van der Waals surface area (Å²) in [5.74, 6) is 0.746. The van der Waals surface area contributed by atoms with Crippen molar-refractivity contribution in [3.63, 3.8) is 0 Å². The van der Waals surface area contributed by atoms with Crippen molar-refractivity contribution in [3.8, 4) is 28.3 Å². The molecule has 10 aromatic rings. The van der Waals surface area contributed by atoms with Gasteiger partial charge in [-0.05, 0) is 36.4 Å². The quantitative estimate of drug-likeness (QED) is 0.199. The largest absolute Gasteiger partial charge is 0.309 e. The molecular weight excluding hydrogens is 587 g/mol. The lowest BCUT2D eigenvalue weighted by atomic mass is 10.1. The Kier molecular flexibility index (Phi) is 5.32. The van der Waals surface area contributed by atoms with Crippen LogP contribution in [0.3, 0.4) is 0 Å². The maximum atomic E-state index is 5.24. The van der Waals surface area contributed by atoms with Gasteiger partial charge in [-0.2, -0.15) is 0 Å². The van der Waals surface area contributed by atoms with Crippen molar-refractivity contribution < 1.29 is 0 Å².